The van der Waals surface area contributed by atoms with Crippen molar-refractivity contribution in [1.29, 1.82) is 0 Å². The van der Waals surface area contributed by atoms with Crippen molar-refractivity contribution >= 4 is 5.91 Å². The molecule has 1 amide bonds. The average molecular weight is 290 g/mol. The van der Waals surface area contributed by atoms with Crippen molar-refractivity contribution in [2.24, 2.45) is 11.1 Å². The molecule has 0 radical (unpaired) electrons. The number of hydrogen-bond donors (Lipinski definition) is 1. The first kappa shape index (κ1) is 16.0. The third-order valence-corrected chi connectivity index (χ3v) is 5.45. The Hall–Kier alpha value is -1.39. The molecule has 0 aromatic heterocycles. The Kier molecular flexibility index (Phi) is 4.13. The van der Waals surface area contributed by atoms with Gasteiger partial charge in [-0.3, -0.25) is 4.79 Å². The van der Waals surface area contributed by atoms with Gasteiger partial charge < -0.3 is 15.4 Å². The van der Waals surface area contributed by atoms with Crippen LogP contribution in [0.2, 0.25) is 0 Å². The molecule has 2 atom stereocenters. The highest BCUT2D eigenvalue weighted by molar-refractivity contribution is 5.94. The number of amides is 1. The normalized spacial score (nSPS) is 27.0. The Labute approximate surface area is 127 Å². The maximum absolute atomic E-state index is 12.6. The van der Waals surface area contributed by atoms with Gasteiger partial charge in [0.05, 0.1) is 5.60 Å². The first-order chi connectivity index (χ1) is 9.76. The van der Waals surface area contributed by atoms with Gasteiger partial charge >= 0.3 is 0 Å². The van der Waals surface area contributed by atoms with E-state index in [-0.39, 0.29) is 23.0 Å². The van der Waals surface area contributed by atoms with Crippen LogP contribution < -0.4 is 5.73 Å². The fraction of sp³-hybridized carbons (Fsp3) is 0.588. The monoisotopic (exact) mass is 290 g/mol. The molecule has 0 heterocycles. The van der Waals surface area contributed by atoms with Crippen LogP contribution in [0.15, 0.2) is 24.3 Å². The third kappa shape index (κ3) is 2.47. The molecule has 0 aliphatic heterocycles. The van der Waals surface area contributed by atoms with Crippen LogP contribution in [0.5, 0.6) is 0 Å². The second-order valence-corrected chi connectivity index (χ2v) is 6.69. The van der Waals surface area contributed by atoms with E-state index >= 15 is 0 Å². The minimum absolute atomic E-state index is 0.0507. The number of methoxy groups -OCH3 is 1. The van der Waals surface area contributed by atoms with E-state index in [0.29, 0.717) is 12.1 Å². The average Bonchev–Trinajstić information content (AvgIpc) is 2.50. The number of carbonyl (C=O) groups is 1. The summed E-state index contributed by atoms with van der Waals surface area (Å²) in [5.41, 5.74) is 7.09. The van der Waals surface area contributed by atoms with E-state index in [4.69, 9.17) is 10.5 Å². The molecular formula is C17H26N2O2. The van der Waals surface area contributed by atoms with E-state index in [1.165, 1.54) is 0 Å². The van der Waals surface area contributed by atoms with Crippen molar-refractivity contribution in [3.05, 3.63) is 35.4 Å². The van der Waals surface area contributed by atoms with Gasteiger partial charge in [-0.25, -0.2) is 0 Å². The van der Waals surface area contributed by atoms with Crippen LogP contribution in [0.1, 0.15) is 43.1 Å². The van der Waals surface area contributed by atoms with Crippen molar-refractivity contribution < 1.29 is 9.53 Å². The Bertz CT molecular complexity index is 524. The van der Waals surface area contributed by atoms with Crippen LogP contribution in [-0.4, -0.2) is 36.6 Å². The molecule has 116 valence electrons. The molecule has 0 spiro atoms. The summed E-state index contributed by atoms with van der Waals surface area (Å²) in [4.78, 5) is 14.5. The molecule has 1 aromatic carbocycles. The predicted octanol–water partition coefficient (Wildman–Crippen LogP) is 2.42. The summed E-state index contributed by atoms with van der Waals surface area (Å²) in [7, 11) is 3.62. The third-order valence-electron chi connectivity index (χ3n) is 5.45. The first-order valence-electron chi connectivity index (χ1n) is 7.38. The van der Waals surface area contributed by atoms with Gasteiger partial charge in [0.25, 0.3) is 5.91 Å². The summed E-state index contributed by atoms with van der Waals surface area (Å²) >= 11 is 0. The summed E-state index contributed by atoms with van der Waals surface area (Å²) < 4.78 is 5.63. The highest BCUT2D eigenvalue weighted by Crippen LogP contribution is 2.53. The number of nitrogens with two attached hydrogens (primary N) is 1. The highest BCUT2D eigenvalue weighted by Gasteiger charge is 2.59. The first-order valence-corrected chi connectivity index (χ1v) is 7.38. The van der Waals surface area contributed by atoms with Crippen molar-refractivity contribution in [3.63, 3.8) is 0 Å². The molecule has 21 heavy (non-hydrogen) atoms. The largest absolute Gasteiger partial charge is 0.378 e. The van der Waals surface area contributed by atoms with Gasteiger partial charge in [0.2, 0.25) is 0 Å². The second kappa shape index (κ2) is 5.43. The summed E-state index contributed by atoms with van der Waals surface area (Å²) in [5, 5.41) is 0. The van der Waals surface area contributed by atoms with Gasteiger partial charge in [-0.05, 0) is 31.0 Å². The van der Waals surface area contributed by atoms with Crippen LogP contribution in [0.3, 0.4) is 0 Å². The van der Waals surface area contributed by atoms with Gasteiger partial charge in [0, 0.05) is 37.7 Å². The number of hydrogen-bond acceptors (Lipinski definition) is 3. The van der Waals surface area contributed by atoms with Gasteiger partial charge in [-0.1, -0.05) is 26.0 Å². The Balaban J connectivity index is 2.13. The maximum atomic E-state index is 12.6. The van der Waals surface area contributed by atoms with Crippen LogP contribution in [0.25, 0.3) is 0 Å². The Morgan fingerprint density at radius 1 is 1.33 bits per heavy atom. The molecule has 0 saturated heterocycles. The number of benzene rings is 1. The van der Waals surface area contributed by atoms with E-state index in [0.717, 1.165) is 12.0 Å². The van der Waals surface area contributed by atoms with Gasteiger partial charge in [-0.15, -0.1) is 0 Å². The van der Waals surface area contributed by atoms with Crippen molar-refractivity contribution in [2.45, 2.75) is 45.4 Å². The Morgan fingerprint density at radius 3 is 2.33 bits per heavy atom. The predicted molar refractivity (Wildman–Crippen MR) is 84.0 cm³/mol. The summed E-state index contributed by atoms with van der Waals surface area (Å²) in [5.74, 6) is 0.0507. The summed E-state index contributed by atoms with van der Waals surface area (Å²) in [6.45, 7) is 6.92. The van der Waals surface area contributed by atoms with Gasteiger partial charge in [0.1, 0.15) is 0 Å². The zero-order chi connectivity index (χ0) is 15.8. The lowest BCUT2D eigenvalue weighted by Gasteiger charge is -2.61. The molecule has 1 aromatic rings. The SMILES string of the molecule is CO[C@@]1(C)C[C@@H](N(C)C(=O)c2ccc(CN)cc2)C1(C)C. The van der Waals surface area contributed by atoms with Crippen molar-refractivity contribution in [2.75, 3.05) is 14.2 Å². The smallest absolute Gasteiger partial charge is 0.253 e. The lowest BCUT2D eigenvalue weighted by Crippen LogP contribution is -2.68. The van der Waals surface area contributed by atoms with Crippen LogP contribution in [0, 0.1) is 5.41 Å². The van der Waals surface area contributed by atoms with Crippen molar-refractivity contribution in [3.8, 4) is 0 Å². The summed E-state index contributed by atoms with van der Waals surface area (Å²) in [6.07, 6.45) is 0.861. The molecule has 2 rings (SSSR count). The zero-order valence-corrected chi connectivity index (χ0v) is 13.6. The van der Waals surface area contributed by atoms with E-state index in [1.54, 1.807) is 7.11 Å². The van der Waals surface area contributed by atoms with Gasteiger partial charge in [-0.2, -0.15) is 0 Å². The fourth-order valence-corrected chi connectivity index (χ4v) is 3.20. The molecule has 1 aliphatic carbocycles. The lowest BCUT2D eigenvalue weighted by atomic mass is 9.55. The minimum atomic E-state index is -0.171. The molecule has 4 nitrogen and oxygen atoms in total. The van der Waals surface area contributed by atoms with Crippen LogP contribution >= 0.6 is 0 Å². The minimum Gasteiger partial charge on any atom is -0.378 e. The molecule has 1 fully saturated rings. The topological polar surface area (TPSA) is 55.6 Å². The van der Waals surface area contributed by atoms with Crippen LogP contribution in [0.4, 0.5) is 0 Å². The number of ether oxygens (including phenoxy) is 1. The molecule has 0 bridgehead atoms. The number of nitrogens with zero attached hydrogens (tertiary/aromatic N) is 1. The Morgan fingerprint density at radius 2 is 1.90 bits per heavy atom. The van der Waals surface area contributed by atoms with E-state index in [2.05, 4.69) is 20.8 Å². The second-order valence-electron chi connectivity index (χ2n) is 6.69. The molecule has 1 saturated carbocycles. The number of carbonyl (C=O) groups excluding carboxylic acids is 1. The zero-order valence-electron chi connectivity index (χ0n) is 13.6. The fourth-order valence-electron chi connectivity index (χ4n) is 3.20. The van der Waals surface area contributed by atoms with E-state index in [1.807, 2.05) is 36.2 Å². The molecule has 4 heteroatoms. The molecule has 1 aliphatic rings. The standard InChI is InChI=1S/C17H26N2O2/c1-16(2)14(10-17(16,3)21-5)19(4)15(20)13-8-6-12(11-18)7-9-13/h6-9,14H,10-11,18H2,1-5H3/t14-,17+/m1/s1. The van der Waals surface area contributed by atoms with E-state index < -0.39 is 0 Å². The lowest BCUT2D eigenvalue weighted by molar-refractivity contribution is -0.198. The number of rotatable bonds is 4. The maximum Gasteiger partial charge on any atom is 0.253 e. The highest BCUT2D eigenvalue weighted by atomic mass is 16.5. The molecular weight excluding hydrogens is 264 g/mol. The summed E-state index contributed by atoms with van der Waals surface area (Å²) in [6, 6.07) is 7.70. The van der Waals surface area contributed by atoms with Crippen LogP contribution in [-0.2, 0) is 11.3 Å². The van der Waals surface area contributed by atoms with E-state index in [9.17, 15) is 4.79 Å². The molecule has 0 unspecified atom stereocenters. The van der Waals surface area contributed by atoms with Gasteiger partial charge in [0.15, 0.2) is 0 Å². The van der Waals surface area contributed by atoms with Crippen molar-refractivity contribution in [1.82, 2.24) is 4.90 Å². The quantitative estimate of drug-likeness (QED) is 0.926. The molecule has 2 N–H and O–H groups in total.